The normalized spacial score (nSPS) is 12.1. The molecule has 146 valence electrons. The van der Waals surface area contributed by atoms with Gasteiger partial charge in [0.05, 0.1) is 16.8 Å². The van der Waals surface area contributed by atoms with E-state index in [1.165, 1.54) is 12.1 Å². The molecular formula is C17H25N6O3P. The summed E-state index contributed by atoms with van der Waals surface area (Å²) in [4.78, 5) is 10.5. The number of furan rings is 1. The van der Waals surface area contributed by atoms with Crippen molar-refractivity contribution in [1.29, 1.82) is 0 Å². The maximum absolute atomic E-state index is 10.9. The Morgan fingerprint density at radius 1 is 1.00 bits per heavy atom. The predicted molar refractivity (Wildman–Crippen MR) is 109 cm³/mol. The van der Waals surface area contributed by atoms with E-state index in [2.05, 4.69) is 5.10 Å². The Bertz CT molecular complexity index is 859. The molecule has 1 aromatic heterocycles. The summed E-state index contributed by atoms with van der Waals surface area (Å²) in [6.07, 6.45) is 1.65. The molecule has 1 heterocycles. The summed E-state index contributed by atoms with van der Waals surface area (Å²) in [6.45, 7) is 0. The van der Waals surface area contributed by atoms with Crippen LogP contribution in [0.3, 0.4) is 0 Å². The molecule has 1 aromatic carbocycles. The monoisotopic (exact) mass is 392 g/mol. The molecule has 0 aliphatic heterocycles. The van der Waals surface area contributed by atoms with Crippen LogP contribution in [0.1, 0.15) is 5.76 Å². The van der Waals surface area contributed by atoms with Crippen molar-refractivity contribution in [2.75, 3.05) is 42.3 Å². The van der Waals surface area contributed by atoms with Crippen LogP contribution in [0.2, 0.25) is 0 Å². The number of hydrogen-bond donors (Lipinski definition) is 0. The molecule has 0 amide bonds. The molecule has 0 bridgehead atoms. The number of nitrogens with zero attached hydrogens (tertiary/aromatic N) is 6. The fraction of sp³-hybridized carbons (Fsp3) is 0.353. The molecule has 0 saturated heterocycles. The largest absolute Gasteiger partial charge is 0.451 e. The average Bonchev–Trinajstić information content (AvgIpc) is 3.06. The second-order valence-electron chi connectivity index (χ2n) is 6.40. The van der Waals surface area contributed by atoms with Crippen LogP contribution in [-0.2, 0) is 0 Å². The van der Waals surface area contributed by atoms with Crippen LogP contribution in [0, 0.1) is 10.1 Å². The summed E-state index contributed by atoms with van der Waals surface area (Å²) in [5.74, 6) is 0.630. The lowest BCUT2D eigenvalue weighted by molar-refractivity contribution is -0.384. The SMILES string of the molecule is CN(C)/N=C\c1ccc(P(=Nc2ccc([N+](=O)[O-])cc2)(N(C)C)N(C)C)o1. The first-order valence-electron chi connectivity index (χ1n) is 8.21. The summed E-state index contributed by atoms with van der Waals surface area (Å²) in [5, 5.41) is 16.8. The zero-order chi connectivity index (χ0) is 20.2. The quantitative estimate of drug-likeness (QED) is 0.311. The highest BCUT2D eigenvalue weighted by Gasteiger charge is 2.31. The molecule has 0 unspecified atom stereocenters. The Hall–Kier alpha value is -2.48. The van der Waals surface area contributed by atoms with Crippen LogP contribution in [-0.4, -0.2) is 67.8 Å². The zero-order valence-electron chi connectivity index (χ0n) is 16.4. The first-order valence-corrected chi connectivity index (χ1v) is 9.85. The second kappa shape index (κ2) is 8.47. The van der Waals surface area contributed by atoms with Gasteiger partial charge in [0.2, 0.25) is 0 Å². The minimum atomic E-state index is -2.40. The third-order valence-electron chi connectivity index (χ3n) is 3.76. The molecular weight excluding hydrogens is 367 g/mol. The fourth-order valence-electron chi connectivity index (χ4n) is 2.53. The van der Waals surface area contributed by atoms with E-state index in [9.17, 15) is 10.1 Å². The standard InChI is InChI=1S/C17H25N6O3P/c1-20(2)18-13-16-11-12-17(26-16)27(21(3)4,22(5)6)19-14-7-9-15(10-8-14)23(24)25/h7-13H,1-6H3/b18-13-. The van der Waals surface area contributed by atoms with Crippen molar-refractivity contribution in [2.24, 2.45) is 9.85 Å². The molecule has 0 saturated carbocycles. The highest BCUT2D eigenvalue weighted by molar-refractivity contribution is 7.69. The summed E-state index contributed by atoms with van der Waals surface area (Å²) in [5.41, 5.74) is 1.40. The molecule has 10 heteroatoms. The first-order chi connectivity index (χ1) is 12.7. The van der Waals surface area contributed by atoms with Crippen LogP contribution in [0.5, 0.6) is 0 Å². The fourth-order valence-corrected chi connectivity index (χ4v) is 5.45. The maximum Gasteiger partial charge on any atom is 0.269 e. The summed E-state index contributed by atoms with van der Waals surface area (Å²) >= 11 is 0. The lowest BCUT2D eigenvalue weighted by Crippen LogP contribution is -2.28. The van der Waals surface area contributed by atoms with E-state index in [4.69, 9.17) is 9.16 Å². The Morgan fingerprint density at radius 2 is 1.59 bits per heavy atom. The number of benzene rings is 1. The third-order valence-corrected chi connectivity index (χ3v) is 7.33. The lowest BCUT2D eigenvalue weighted by atomic mass is 10.3. The zero-order valence-corrected chi connectivity index (χ0v) is 17.3. The van der Waals surface area contributed by atoms with Crippen LogP contribution in [0.4, 0.5) is 11.4 Å². The lowest BCUT2D eigenvalue weighted by Gasteiger charge is -2.34. The van der Waals surface area contributed by atoms with E-state index in [0.29, 0.717) is 11.4 Å². The van der Waals surface area contributed by atoms with E-state index < -0.39 is 12.3 Å². The van der Waals surface area contributed by atoms with E-state index in [1.807, 2.05) is 63.8 Å². The number of hydrogen-bond acceptors (Lipinski definition) is 6. The van der Waals surface area contributed by atoms with Gasteiger partial charge in [-0.15, -0.1) is 0 Å². The summed E-state index contributed by atoms with van der Waals surface area (Å²) in [6, 6.07) is 9.97. The van der Waals surface area contributed by atoms with E-state index in [1.54, 1.807) is 23.4 Å². The van der Waals surface area contributed by atoms with Gasteiger partial charge in [0.25, 0.3) is 5.69 Å². The van der Waals surface area contributed by atoms with Gasteiger partial charge in [-0.25, -0.2) is 4.74 Å². The van der Waals surface area contributed by atoms with E-state index >= 15 is 0 Å². The van der Waals surface area contributed by atoms with Gasteiger partial charge >= 0.3 is 0 Å². The number of nitro benzene ring substituents is 1. The minimum Gasteiger partial charge on any atom is -0.451 e. The molecule has 9 nitrogen and oxygen atoms in total. The van der Waals surface area contributed by atoms with Gasteiger partial charge in [-0.3, -0.25) is 19.5 Å². The van der Waals surface area contributed by atoms with Crippen molar-refractivity contribution in [1.82, 2.24) is 14.3 Å². The van der Waals surface area contributed by atoms with Crippen molar-refractivity contribution < 1.29 is 9.34 Å². The van der Waals surface area contributed by atoms with Crippen molar-refractivity contribution in [2.45, 2.75) is 0 Å². The number of hydrazone groups is 1. The summed E-state index contributed by atoms with van der Waals surface area (Å²) < 4.78 is 15.1. The topological polar surface area (TPSA) is 90.7 Å². The molecule has 2 aromatic rings. The number of non-ortho nitro benzene ring substituents is 1. The van der Waals surface area contributed by atoms with Gasteiger partial charge in [-0.05, 0) is 52.5 Å². The third kappa shape index (κ3) is 4.63. The van der Waals surface area contributed by atoms with Gasteiger partial charge in [0.1, 0.15) is 5.76 Å². The molecule has 0 radical (unpaired) electrons. The van der Waals surface area contributed by atoms with Crippen LogP contribution in [0.15, 0.2) is 50.7 Å². The number of nitro groups is 1. The van der Waals surface area contributed by atoms with E-state index in [-0.39, 0.29) is 5.69 Å². The predicted octanol–water partition coefficient (Wildman–Crippen LogP) is 3.19. The highest BCUT2D eigenvalue weighted by atomic mass is 31.2. The van der Waals surface area contributed by atoms with Crippen molar-refractivity contribution >= 4 is 30.4 Å². The molecule has 0 aliphatic rings. The Labute approximate surface area is 159 Å². The maximum atomic E-state index is 10.9. The molecule has 2 rings (SSSR count). The van der Waals surface area contributed by atoms with Gasteiger partial charge in [-0.2, -0.15) is 5.10 Å². The van der Waals surface area contributed by atoms with Gasteiger partial charge in [0.15, 0.2) is 12.9 Å². The molecule has 0 fully saturated rings. The Morgan fingerprint density at radius 3 is 2.07 bits per heavy atom. The van der Waals surface area contributed by atoms with Gasteiger partial charge in [0, 0.05) is 26.2 Å². The van der Waals surface area contributed by atoms with Crippen LogP contribution in [0.25, 0.3) is 0 Å². The van der Waals surface area contributed by atoms with E-state index in [0.717, 1.165) is 5.50 Å². The molecule has 0 atom stereocenters. The molecule has 0 spiro atoms. The van der Waals surface area contributed by atoms with Gasteiger partial charge < -0.3 is 9.43 Å². The van der Waals surface area contributed by atoms with Crippen LogP contribution < -0.4 is 5.50 Å². The Balaban J connectivity index is 2.58. The van der Waals surface area contributed by atoms with Gasteiger partial charge in [-0.1, -0.05) is 0 Å². The van der Waals surface area contributed by atoms with Crippen molar-refractivity contribution in [3.8, 4) is 0 Å². The molecule has 0 N–H and O–H groups in total. The van der Waals surface area contributed by atoms with Crippen LogP contribution >= 0.6 is 7.36 Å². The van der Waals surface area contributed by atoms with Crippen molar-refractivity contribution in [3.63, 3.8) is 0 Å². The Kier molecular flexibility index (Phi) is 6.54. The average molecular weight is 392 g/mol. The molecule has 27 heavy (non-hydrogen) atoms. The highest BCUT2D eigenvalue weighted by Crippen LogP contribution is 2.54. The minimum absolute atomic E-state index is 0.0350. The van der Waals surface area contributed by atoms with Crippen molar-refractivity contribution in [3.05, 3.63) is 52.3 Å². The smallest absolute Gasteiger partial charge is 0.269 e. The second-order valence-corrected chi connectivity index (χ2v) is 9.78. The first kappa shape index (κ1) is 20.8. The summed E-state index contributed by atoms with van der Waals surface area (Å²) in [7, 11) is 9.04. The molecule has 0 aliphatic carbocycles. The number of rotatable bonds is 7.